The number of alkyl halides is 3. The van der Waals surface area contributed by atoms with Crippen LogP contribution in [-0.4, -0.2) is 12.4 Å². The van der Waals surface area contributed by atoms with Crippen LogP contribution in [-0.2, 0) is 6.18 Å². The van der Waals surface area contributed by atoms with Gasteiger partial charge in [-0.15, -0.1) is 0 Å². The lowest BCUT2D eigenvalue weighted by atomic mass is 10.1. The zero-order valence-corrected chi connectivity index (χ0v) is 10.8. The third-order valence-corrected chi connectivity index (χ3v) is 3.22. The molecule has 0 aromatic heterocycles. The largest absolute Gasteiger partial charge is 0.416 e. The highest BCUT2D eigenvalue weighted by Crippen LogP contribution is 2.32. The summed E-state index contributed by atoms with van der Waals surface area (Å²) in [6.45, 7) is 2.54. The average Bonchev–Trinajstić information content (AvgIpc) is 2.59. The summed E-state index contributed by atoms with van der Waals surface area (Å²) in [5.74, 6) is 0.792. The Morgan fingerprint density at radius 3 is 2.68 bits per heavy atom. The molecule has 2 nitrogen and oxygen atoms in total. The number of amidine groups is 1. The van der Waals surface area contributed by atoms with Crippen LogP contribution in [0.15, 0.2) is 23.2 Å². The van der Waals surface area contributed by atoms with Crippen LogP contribution in [0.4, 0.5) is 18.9 Å². The quantitative estimate of drug-likeness (QED) is 0.803. The minimum Gasteiger partial charge on any atom is -0.344 e. The lowest BCUT2D eigenvalue weighted by Gasteiger charge is -2.14. The molecule has 104 valence electrons. The number of aryl methyl sites for hydroxylation is 1. The number of benzene rings is 1. The van der Waals surface area contributed by atoms with Crippen molar-refractivity contribution in [1.29, 1.82) is 0 Å². The van der Waals surface area contributed by atoms with Crippen LogP contribution in [0.2, 0.25) is 0 Å². The molecular weight excluding hydrogens is 253 g/mol. The first-order valence-electron chi connectivity index (χ1n) is 6.45. The molecule has 1 aromatic rings. The van der Waals surface area contributed by atoms with Gasteiger partial charge in [0.05, 0.1) is 5.56 Å². The molecule has 0 amide bonds. The first-order valence-corrected chi connectivity index (χ1v) is 6.45. The van der Waals surface area contributed by atoms with Crippen molar-refractivity contribution < 1.29 is 13.2 Å². The lowest BCUT2D eigenvalue weighted by molar-refractivity contribution is -0.137. The molecule has 0 unspecified atom stereocenters. The van der Waals surface area contributed by atoms with E-state index in [4.69, 9.17) is 0 Å². The number of rotatable bonds is 1. The Labute approximate surface area is 110 Å². The molecule has 0 fully saturated rings. The van der Waals surface area contributed by atoms with Gasteiger partial charge in [-0.1, -0.05) is 12.5 Å². The van der Waals surface area contributed by atoms with Crippen LogP contribution >= 0.6 is 0 Å². The second-order valence-corrected chi connectivity index (χ2v) is 4.79. The first kappa shape index (κ1) is 13.9. The summed E-state index contributed by atoms with van der Waals surface area (Å²) < 4.78 is 38.1. The van der Waals surface area contributed by atoms with Gasteiger partial charge in [-0.3, -0.25) is 4.99 Å². The van der Waals surface area contributed by atoms with E-state index in [1.165, 1.54) is 6.07 Å². The second kappa shape index (κ2) is 5.63. The number of hydrogen-bond acceptors (Lipinski definition) is 2. The Morgan fingerprint density at radius 1 is 1.16 bits per heavy atom. The topological polar surface area (TPSA) is 24.4 Å². The van der Waals surface area contributed by atoms with E-state index in [2.05, 4.69) is 10.3 Å². The summed E-state index contributed by atoms with van der Waals surface area (Å²) in [5.41, 5.74) is 0.658. The molecule has 1 aliphatic heterocycles. The van der Waals surface area contributed by atoms with Crippen LogP contribution < -0.4 is 5.32 Å². The van der Waals surface area contributed by atoms with Crippen molar-refractivity contribution in [3.63, 3.8) is 0 Å². The van der Waals surface area contributed by atoms with E-state index in [1.807, 2.05) is 0 Å². The normalized spacial score (nSPS) is 16.7. The molecular formula is C14H17F3N2. The summed E-state index contributed by atoms with van der Waals surface area (Å²) in [5, 5.41) is 3.05. The van der Waals surface area contributed by atoms with Crippen molar-refractivity contribution in [1.82, 2.24) is 0 Å². The Balaban J connectivity index is 2.21. The fraction of sp³-hybridized carbons (Fsp3) is 0.500. The molecule has 5 heteroatoms. The van der Waals surface area contributed by atoms with Gasteiger partial charge in [0.1, 0.15) is 5.84 Å². The van der Waals surface area contributed by atoms with Crippen molar-refractivity contribution in [3.8, 4) is 0 Å². The zero-order chi connectivity index (χ0) is 13.9. The molecule has 0 aliphatic carbocycles. The summed E-state index contributed by atoms with van der Waals surface area (Å²) >= 11 is 0. The van der Waals surface area contributed by atoms with Crippen molar-refractivity contribution >= 4 is 11.5 Å². The number of nitrogens with zero attached hydrogens (tertiary/aromatic N) is 1. The van der Waals surface area contributed by atoms with Gasteiger partial charge in [0, 0.05) is 18.7 Å². The van der Waals surface area contributed by atoms with Crippen molar-refractivity contribution in [2.24, 2.45) is 4.99 Å². The van der Waals surface area contributed by atoms with Crippen LogP contribution in [0.1, 0.15) is 36.8 Å². The predicted octanol–water partition coefficient (Wildman–Crippen LogP) is 4.40. The molecule has 1 aliphatic rings. The highest BCUT2D eigenvalue weighted by molar-refractivity contribution is 5.96. The van der Waals surface area contributed by atoms with Gasteiger partial charge in [0.15, 0.2) is 0 Å². The van der Waals surface area contributed by atoms with Gasteiger partial charge >= 0.3 is 6.18 Å². The molecule has 1 aromatic carbocycles. The number of aliphatic imine (C=N–C) groups is 1. The van der Waals surface area contributed by atoms with Gasteiger partial charge < -0.3 is 5.32 Å². The highest BCUT2D eigenvalue weighted by atomic mass is 19.4. The lowest BCUT2D eigenvalue weighted by Crippen LogP contribution is -2.14. The van der Waals surface area contributed by atoms with E-state index in [1.54, 1.807) is 6.92 Å². The van der Waals surface area contributed by atoms with Crippen molar-refractivity contribution in [3.05, 3.63) is 29.3 Å². The fourth-order valence-electron chi connectivity index (χ4n) is 2.06. The monoisotopic (exact) mass is 270 g/mol. The standard InChI is InChI=1S/C14H17F3N2/c1-10-6-7-11(14(15,16)17)9-12(10)19-13-5-3-2-4-8-18-13/h6-7,9H,2-5,8H2,1H3,(H,18,19). The molecule has 0 saturated heterocycles. The minimum atomic E-state index is -4.31. The first-order chi connectivity index (χ1) is 8.97. The Kier molecular flexibility index (Phi) is 4.12. The SMILES string of the molecule is Cc1ccc(C(F)(F)F)cc1NC1=NCCCCC1. The van der Waals surface area contributed by atoms with Gasteiger partial charge in [-0.25, -0.2) is 0 Å². The van der Waals surface area contributed by atoms with Crippen LogP contribution in [0.25, 0.3) is 0 Å². The van der Waals surface area contributed by atoms with Crippen LogP contribution in [0.5, 0.6) is 0 Å². The maximum atomic E-state index is 12.7. The summed E-state index contributed by atoms with van der Waals surface area (Å²) in [7, 11) is 0. The molecule has 1 N–H and O–H groups in total. The van der Waals surface area contributed by atoms with E-state index in [0.29, 0.717) is 5.69 Å². The van der Waals surface area contributed by atoms with E-state index >= 15 is 0 Å². The van der Waals surface area contributed by atoms with E-state index in [0.717, 1.165) is 55.8 Å². The van der Waals surface area contributed by atoms with E-state index in [9.17, 15) is 13.2 Å². The molecule has 1 heterocycles. The number of hydrogen-bond donors (Lipinski definition) is 1. The maximum absolute atomic E-state index is 12.7. The number of anilines is 1. The smallest absolute Gasteiger partial charge is 0.344 e. The molecule has 0 atom stereocenters. The maximum Gasteiger partial charge on any atom is 0.416 e. The van der Waals surface area contributed by atoms with E-state index < -0.39 is 11.7 Å². The molecule has 0 radical (unpaired) electrons. The predicted molar refractivity (Wildman–Crippen MR) is 70.6 cm³/mol. The molecule has 0 saturated carbocycles. The zero-order valence-electron chi connectivity index (χ0n) is 10.8. The Bertz CT molecular complexity index is 478. The fourth-order valence-corrected chi connectivity index (χ4v) is 2.06. The van der Waals surface area contributed by atoms with Gasteiger partial charge in [0.25, 0.3) is 0 Å². The molecule has 19 heavy (non-hydrogen) atoms. The Hall–Kier alpha value is -1.52. The van der Waals surface area contributed by atoms with Crippen molar-refractivity contribution in [2.75, 3.05) is 11.9 Å². The minimum absolute atomic E-state index is 0.496. The second-order valence-electron chi connectivity index (χ2n) is 4.79. The number of nitrogens with one attached hydrogen (secondary N) is 1. The van der Waals surface area contributed by atoms with Crippen LogP contribution in [0, 0.1) is 6.92 Å². The highest BCUT2D eigenvalue weighted by Gasteiger charge is 2.30. The van der Waals surface area contributed by atoms with Gasteiger partial charge in [-0.05, 0) is 37.5 Å². The van der Waals surface area contributed by atoms with Gasteiger partial charge in [0.2, 0.25) is 0 Å². The molecule has 0 bridgehead atoms. The Morgan fingerprint density at radius 2 is 1.95 bits per heavy atom. The summed E-state index contributed by atoms with van der Waals surface area (Å²) in [4.78, 5) is 4.38. The van der Waals surface area contributed by atoms with E-state index in [-0.39, 0.29) is 0 Å². The molecule has 0 spiro atoms. The van der Waals surface area contributed by atoms with Gasteiger partial charge in [-0.2, -0.15) is 13.2 Å². The third kappa shape index (κ3) is 3.72. The average molecular weight is 270 g/mol. The van der Waals surface area contributed by atoms with Crippen LogP contribution in [0.3, 0.4) is 0 Å². The third-order valence-electron chi connectivity index (χ3n) is 3.22. The van der Waals surface area contributed by atoms with Crippen molar-refractivity contribution in [2.45, 2.75) is 38.8 Å². The number of halogens is 3. The molecule has 2 rings (SSSR count). The summed E-state index contributed by atoms with van der Waals surface area (Å²) in [6, 6.07) is 3.75. The summed E-state index contributed by atoms with van der Waals surface area (Å²) in [6.07, 6.45) is -0.308.